The molecule has 0 fully saturated rings. The highest BCUT2D eigenvalue weighted by Gasteiger charge is 1.66. The van der Waals surface area contributed by atoms with E-state index >= 15 is 0 Å². The minimum atomic E-state index is 0.889. The van der Waals surface area contributed by atoms with E-state index in [4.69, 9.17) is 4.74 Å². The summed E-state index contributed by atoms with van der Waals surface area (Å²) >= 11 is 0. The van der Waals surface area contributed by atoms with Gasteiger partial charge in [0.05, 0.1) is 0 Å². The van der Waals surface area contributed by atoms with Gasteiger partial charge in [-0.15, -0.1) is 0 Å². The zero-order valence-corrected chi connectivity index (χ0v) is 4.98. The monoisotopic (exact) mass is 106 g/mol. The van der Waals surface area contributed by atoms with Gasteiger partial charge in [0, 0.05) is 13.7 Å². The zero-order valence-electron chi connectivity index (χ0n) is 4.98. The molecule has 0 amide bonds. The SMILES string of the molecule is CCCOC.NN. The topological polar surface area (TPSA) is 61.3 Å². The molecule has 0 rings (SSSR count). The molecular weight excluding hydrogens is 92.1 g/mol. The second-order valence-electron chi connectivity index (χ2n) is 0.993. The lowest BCUT2D eigenvalue weighted by molar-refractivity contribution is 0.199. The van der Waals surface area contributed by atoms with Gasteiger partial charge < -0.3 is 4.74 Å². The Morgan fingerprint density at radius 3 is 1.86 bits per heavy atom. The summed E-state index contributed by atoms with van der Waals surface area (Å²) in [6.45, 7) is 2.98. The molecule has 0 aromatic carbocycles. The van der Waals surface area contributed by atoms with E-state index in [1.54, 1.807) is 7.11 Å². The van der Waals surface area contributed by atoms with Crippen molar-refractivity contribution in [2.75, 3.05) is 13.7 Å². The summed E-state index contributed by atoms with van der Waals surface area (Å²) in [4.78, 5) is 0. The molecule has 0 aliphatic heterocycles. The highest BCUT2D eigenvalue weighted by Crippen LogP contribution is 1.70. The van der Waals surface area contributed by atoms with Gasteiger partial charge in [-0.1, -0.05) is 6.92 Å². The first kappa shape index (κ1) is 9.99. The van der Waals surface area contributed by atoms with Crippen molar-refractivity contribution in [1.82, 2.24) is 0 Å². The third-order valence-electron chi connectivity index (χ3n) is 0.408. The first-order chi connectivity index (χ1) is 3.41. The minimum absolute atomic E-state index is 0.889. The summed E-state index contributed by atoms with van der Waals surface area (Å²) < 4.78 is 4.69. The fraction of sp³-hybridized carbons (Fsp3) is 1.00. The molecule has 7 heavy (non-hydrogen) atoms. The van der Waals surface area contributed by atoms with Crippen molar-refractivity contribution in [1.29, 1.82) is 0 Å². The van der Waals surface area contributed by atoms with Gasteiger partial charge in [0.15, 0.2) is 0 Å². The standard InChI is InChI=1S/C4H10O.H4N2/c1-3-4-5-2;1-2/h3-4H2,1-2H3;1-2H2. The quantitative estimate of drug-likeness (QED) is 0.380. The van der Waals surface area contributed by atoms with Gasteiger partial charge in [-0.05, 0) is 6.42 Å². The normalized spacial score (nSPS) is 6.86. The Morgan fingerprint density at radius 2 is 1.86 bits per heavy atom. The Bertz CT molecular complexity index is 17.2. The molecule has 0 bridgehead atoms. The molecule has 3 heteroatoms. The number of nitrogens with two attached hydrogens (primary N) is 2. The van der Waals surface area contributed by atoms with Crippen LogP contribution in [-0.2, 0) is 4.74 Å². The van der Waals surface area contributed by atoms with E-state index in [9.17, 15) is 0 Å². The summed E-state index contributed by atoms with van der Waals surface area (Å²) in [6, 6.07) is 0. The molecule has 3 nitrogen and oxygen atoms in total. The molecule has 0 heterocycles. The Balaban J connectivity index is 0. The summed E-state index contributed by atoms with van der Waals surface area (Å²) in [6.07, 6.45) is 1.12. The maximum atomic E-state index is 4.69. The van der Waals surface area contributed by atoms with Crippen molar-refractivity contribution in [2.24, 2.45) is 11.7 Å². The number of hydrogen-bond donors (Lipinski definition) is 2. The second-order valence-corrected chi connectivity index (χ2v) is 0.993. The third-order valence-corrected chi connectivity index (χ3v) is 0.408. The lowest BCUT2D eigenvalue weighted by Crippen LogP contribution is -2.02. The fourth-order valence-electron chi connectivity index (χ4n) is 0.204. The van der Waals surface area contributed by atoms with E-state index in [0.29, 0.717) is 0 Å². The molecule has 0 aromatic rings. The predicted octanol–water partition coefficient (Wildman–Crippen LogP) is -0.138. The van der Waals surface area contributed by atoms with E-state index < -0.39 is 0 Å². The number of hydrazine groups is 1. The van der Waals surface area contributed by atoms with E-state index in [1.807, 2.05) is 0 Å². The van der Waals surface area contributed by atoms with Crippen LogP contribution >= 0.6 is 0 Å². The predicted molar refractivity (Wildman–Crippen MR) is 30.5 cm³/mol. The van der Waals surface area contributed by atoms with Gasteiger partial charge in [0.25, 0.3) is 0 Å². The van der Waals surface area contributed by atoms with Gasteiger partial charge in [-0.25, -0.2) is 0 Å². The van der Waals surface area contributed by atoms with Crippen molar-refractivity contribution in [2.45, 2.75) is 13.3 Å². The van der Waals surface area contributed by atoms with Crippen molar-refractivity contribution in [3.63, 3.8) is 0 Å². The van der Waals surface area contributed by atoms with Crippen LogP contribution < -0.4 is 11.7 Å². The smallest absolute Gasteiger partial charge is 0.0459 e. The van der Waals surface area contributed by atoms with Gasteiger partial charge in [-0.3, -0.25) is 11.7 Å². The maximum absolute atomic E-state index is 4.69. The third kappa shape index (κ3) is 25.0. The number of methoxy groups -OCH3 is 1. The average molecular weight is 106 g/mol. The van der Waals surface area contributed by atoms with Crippen molar-refractivity contribution < 1.29 is 4.74 Å². The molecule has 46 valence electrons. The first-order valence-corrected chi connectivity index (χ1v) is 2.24. The van der Waals surface area contributed by atoms with E-state index in [2.05, 4.69) is 18.6 Å². The molecule has 0 saturated heterocycles. The highest BCUT2D eigenvalue weighted by atomic mass is 16.5. The number of hydrogen-bond acceptors (Lipinski definition) is 3. The lowest BCUT2D eigenvalue weighted by Gasteiger charge is -1.84. The average Bonchev–Trinajstić information content (AvgIpc) is 1.75. The zero-order chi connectivity index (χ0) is 6.12. The molecule has 0 aliphatic rings. The van der Waals surface area contributed by atoms with E-state index in [1.165, 1.54) is 0 Å². The molecule has 4 N–H and O–H groups in total. The molecule has 0 atom stereocenters. The van der Waals surface area contributed by atoms with Crippen LogP contribution in [0.3, 0.4) is 0 Å². The molecule has 0 aromatic heterocycles. The Labute approximate surface area is 44.6 Å². The Kier molecular flexibility index (Phi) is 24.1. The largest absolute Gasteiger partial charge is 0.385 e. The van der Waals surface area contributed by atoms with Crippen LogP contribution in [0, 0.1) is 0 Å². The van der Waals surface area contributed by atoms with E-state index in [-0.39, 0.29) is 0 Å². The van der Waals surface area contributed by atoms with Crippen LogP contribution in [0.1, 0.15) is 13.3 Å². The Morgan fingerprint density at radius 1 is 1.43 bits per heavy atom. The molecule has 0 saturated carbocycles. The second kappa shape index (κ2) is 16.9. The van der Waals surface area contributed by atoms with Crippen LogP contribution in [-0.4, -0.2) is 13.7 Å². The molecule has 0 radical (unpaired) electrons. The fourth-order valence-corrected chi connectivity index (χ4v) is 0.204. The summed E-state index contributed by atoms with van der Waals surface area (Å²) in [7, 11) is 1.71. The summed E-state index contributed by atoms with van der Waals surface area (Å²) in [5, 5.41) is 0. The maximum Gasteiger partial charge on any atom is 0.0459 e. The van der Waals surface area contributed by atoms with Crippen LogP contribution in [0.25, 0.3) is 0 Å². The van der Waals surface area contributed by atoms with Gasteiger partial charge >= 0.3 is 0 Å². The van der Waals surface area contributed by atoms with Gasteiger partial charge in [0.1, 0.15) is 0 Å². The molecule has 0 aliphatic carbocycles. The van der Waals surface area contributed by atoms with Gasteiger partial charge in [-0.2, -0.15) is 0 Å². The number of rotatable bonds is 2. The summed E-state index contributed by atoms with van der Waals surface area (Å²) in [5.41, 5.74) is 0. The minimum Gasteiger partial charge on any atom is -0.385 e. The highest BCUT2D eigenvalue weighted by molar-refractivity contribution is 4.15. The van der Waals surface area contributed by atoms with Crippen LogP contribution in [0.2, 0.25) is 0 Å². The summed E-state index contributed by atoms with van der Waals surface area (Å²) in [5.74, 6) is 8.00. The van der Waals surface area contributed by atoms with Gasteiger partial charge in [0.2, 0.25) is 0 Å². The first-order valence-electron chi connectivity index (χ1n) is 2.24. The van der Waals surface area contributed by atoms with E-state index in [0.717, 1.165) is 13.0 Å². The van der Waals surface area contributed by atoms with Crippen LogP contribution in [0.15, 0.2) is 0 Å². The van der Waals surface area contributed by atoms with Crippen molar-refractivity contribution in [3.05, 3.63) is 0 Å². The van der Waals surface area contributed by atoms with Crippen molar-refractivity contribution >= 4 is 0 Å². The molecule has 0 spiro atoms. The van der Waals surface area contributed by atoms with Crippen LogP contribution in [0.4, 0.5) is 0 Å². The molecule has 0 unspecified atom stereocenters. The Hall–Kier alpha value is -0.120. The number of ether oxygens (including phenoxy) is 1. The lowest BCUT2D eigenvalue weighted by atomic mass is 10.5. The molecular formula is C4H14N2O. The van der Waals surface area contributed by atoms with Crippen LogP contribution in [0.5, 0.6) is 0 Å². The van der Waals surface area contributed by atoms with Crippen molar-refractivity contribution in [3.8, 4) is 0 Å².